The zero-order chi connectivity index (χ0) is 14.9. The van der Waals surface area contributed by atoms with Crippen molar-refractivity contribution in [2.75, 3.05) is 5.73 Å². The molecule has 0 unspecified atom stereocenters. The molecule has 10 heteroatoms. The van der Waals surface area contributed by atoms with Gasteiger partial charge in [-0.05, 0) is 28.1 Å². The molecule has 2 rings (SSSR count). The molecule has 108 valence electrons. The maximum absolute atomic E-state index is 13.8. The highest BCUT2D eigenvalue weighted by atomic mass is 79.9. The Morgan fingerprint density at radius 1 is 1.50 bits per heavy atom. The normalized spacial score (nSPS) is 11.8. The number of sulfonamides is 1. The lowest BCUT2D eigenvalue weighted by Gasteiger charge is -2.08. The molecule has 20 heavy (non-hydrogen) atoms. The number of nitrogens with two attached hydrogens (primary N) is 1. The van der Waals surface area contributed by atoms with Gasteiger partial charge >= 0.3 is 0 Å². The second kappa shape index (κ2) is 5.46. The first-order valence-electron chi connectivity index (χ1n) is 5.33. The molecule has 0 amide bonds. The van der Waals surface area contributed by atoms with Crippen LogP contribution in [0.15, 0.2) is 26.0 Å². The fraction of sp³-hybridized carbons (Fsp3) is 0.200. The summed E-state index contributed by atoms with van der Waals surface area (Å²) in [5.41, 5.74) is 5.63. The molecule has 0 fully saturated rings. The second-order valence-corrected chi connectivity index (χ2v) is 6.46. The van der Waals surface area contributed by atoms with Crippen LogP contribution in [0.1, 0.15) is 11.7 Å². The summed E-state index contributed by atoms with van der Waals surface area (Å²) in [5, 5.41) is 3.53. The standard InChI is InChI=1S/C10H10BrFN4O3S/c1-5-15-9(16-19-5)4-14-20(17,18)8-3-6(13)2-7(11)10(8)12/h2-3,14H,4,13H2,1H3. The molecule has 1 heterocycles. The first-order valence-corrected chi connectivity index (χ1v) is 7.60. The Hall–Kier alpha value is -1.52. The smallest absolute Gasteiger partial charge is 0.244 e. The molecule has 0 atom stereocenters. The molecular formula is C10H10BrFN4O3S. The monoisotopic (exact) mass is 364 g/mol. The summed E-state index contributed by atoms with van der Waals surface area (Å²) in [6.07, 6.45) is 0. The van der Waals surface area contributed by atoms with Crippen LogP contribution < -0.4 is 10.5 Å². The lowest BCUT2D eigenvalue weighted by atomic mass is 10.3. The molecule has 2 aromatic rings. The van der Waals surface area contributed by atoms with Crippen LogP contribution in [0.25, 0.3) is 0 Å². The van der Waals surface area contributed by atoms with Crippen molar-refractivity contribution in [2.45, 2.75) is 18.4 Å². The van der Waals surface area contributed by atoms with Crippen molar-refractivity contribution in [1.29, 1.82) is 0 Å². The van der Waals surface area contributed by atoms with Crippen LogP contribution in [0, 0.1) is 12.7 Å². The molecule has 0 spiro atoms. The molecule has 3 N–H and O–H groups in total. The van der Waals surface area contributed by atoms with E-state index in [1.807, 2.05) is 0 Å². The van der Waals surface area contributed by atoms with Crippen LogP contribution in [0.2, 0.25) is 0 Å². The van der Waals surface area contributed by atoms with Crippen LogP contribution in [0.3, 0.4) is 0 Å². The van der Waals surface area contributed by atoms with Crippen molar-refractivity contribution in [3.63, 3.8) is 0 Å². The summed E-state index contributed by atoms with van der Waals surface area (Å²) in [6.45, 7) is 1.35. The van der Waals surface area contributed by atoms with Crippen LogP contribution >= 0.6 is 15.9 Å². The summed E-state index contributed by atoms with van der Waals surface area (Å²) >= 11 is 2.90. The zero-order valence-electron chi connectivity index (χ0n) is 10.2. The number of hydrogen-bond donors (Lipinski definition) is 2. The molecule has 0 bridgehead atoms. The van der Waals surface area contributed by atoms with Crippen molar-refractivity contribution in [3.05, 3.63) is 34.1 Å². The maximum atomic E-state index is 13.8. The number of nitrogen functional groups attached to an aromatic ring is 1. The molecule has 1 aromatic heterocycles. The van der Waals surface area contributed by atoms with Gasteiger partial charge in [0.05, 0.1) is 11.0 Å². The largest absolute Gasteiger partial charge is 0.399 e. The van der Waals surface area contributed by atoms with Gasteiger partial charge in [0.1, 0.15) is 4.90 Å². The molecule has 1 aromatic carbocycles. The maximum Gasteiger partial charge on any atom is 0.244 e. The second-order valence-electron chi connectivity index (χ2n) is 3.87. The van der Waals surface area contributed by atoms with Crippen molar-refractivity contribution in [2.24, 2.45) is 0 Å². The minimum atomic E-state index is -4.08. The third-order valence-electron chi connectivity index (χ3n) is 2.30. The van der Waals surface area contributed by atoms with Gasteiger partial charge in [0, 0.05) is 12.6 Å². The predicted octanol–water partition coefficient (Wildman–Crippen LogP) is 1.34. The number of halogens is 2. The first kappa shape index (κ1) is 14.9. The number of nitrogens with zero attached hydrogens (tertiary/aromatic N) is 2. The molecule has 0 radical (unpaired) electrons. The SMILES string of the molecule is Cc1nc(CNS(=O)(=O)c2cc(N)cc(Br)c2F)no1. The minimum Gasteiger partial charge on any atom is -0.399 e. The average Bonchev–Trinajstić information content (AvgIpc) is 2.77. The Morgan fingerprint density at radius 2 is 2.20 bits per heavy atom. The van der Waals surface area contributed by atoms with Crippen LogP contribution in [-0.2, 0) is 16.6 Å². The Bertz CT molecular complexity index is 747. The van der Waals surface area contributed by atoms with Crippen molar-refractivity contribution in [3.8, 4) is 0 Å². The highest BCUT2D eigenvalue weighted by Gasteiger charge is 2.22. The van der Waals surface area contributed by atoms with Gasteiger partial charge in [-0.15, -0.1) is 0 Å². The van der Waals surface area contributed by atoms with E-state index in [1.54, 1.807) is 6.92 Å². The van der Waals surface area contributed by atoms with Gasteiger partial charge in [-0.2, -0.15) is 4.98 Å². The molecule has 0 saturated carbocycles. The predicted molar refractivity (Wildman–Crippen MR) is 71.6 cm³/mol. The van der Waals surface area contributed by atoms with Crippen molar-refractivity contribution < 1.29 is 17.3 Å². The highest BCUT2D eigenvalue weighted by molar-refractivity contribution is 9.10. The summed E-state index contributed by atoms with van der Waals surface area (Å²) in [7, 11) is -4.08. The topological polar surface area (TPSA) is 111 Å². The lowest BCUT2D eigenvalue weighted by molar-refractivity contribution is 0.387. The third kappa shape index (κ3) is 3.14. The third-order valence-corrected chi connectivity index (χ3v) is 4.27. The fourth-order valence-electron chi connectivity index (χ4n) is 1.43. The average molecular weight is 365 g/mol. The Labute approximate surface area is 122 Å². The molecule has 0 saturated heterocycles. The van der Waals surface area contributed by atoms with E-state index in [2.05, 4.69) is 30.8 Å². The first-order chi connectivity index (χ1) is 9.29. The summed E-state index contributed by atoms with van der Waals surface area (Å²) in [6, 6.07) is 2.31. The molecule has 7 nitrogen and oxygen atoms in total. The Balaban J connectivity index is 2.27. The zero-order valence-corrected chi connectivity index (χ0v) is 12.6. The number of nitrogens with one attached hydrogen (secondary N) is 1. The lowest BCUT2D eigenvalue weighted by Crippen LogP contribution is -2.25. The van der Waals surface area contributed by atoms with E-state index in [-0.39, 0.29) is 22.5 Å². The molecule has 0 aliphatic heterocycles. The minimum absolute atomic E-state index is 0.0340. The molecule has 0 aliphatic rings. The number of aryl methyl sites for hydroxylation is 1. The van der Waals surface area contributed by atoms with E-state index in [9.17, 15) is 12.8 Å². The van der Waals surface area contributed by atoms with Crippen LogP contribution in [0.4, 0.5) is 10.1 Å². The number of aromatic nitrogens is 2. The van der Waals surface area contributed by atoms with Crippen molar-refractivity contribution in [1.82, 2.24) is 14.9 Å². The Kier molecular flexibility index (Phi) is 4.06. The fourth-order valence-corrected chi connectivity index (χ4v) is 3.15. The summed E-state index contributed by atoms with van der Waals surface area (Å²) in [4.78, 5) is 3.28. The van der Waals surface area contributed by atoms with Gasteiger partial charge in [-0.3, -0.25) is 0 Å². The Morgan fingerprint density at radius 3 is 2.80 bits per heavy atom. The summed E-state index contributed by atoms with van der Waals surface area (Å²) in [5.74, 6) is -0.470. The number of anilines is 1. The van der Waals surface area contributed by atoms with E-state index in [4.69, 9.17) is 10.3 Å². The van der Waals surface area contributed by atoms with E-state index in [0.717, 1.165) is 6.07 Å². The van der Waals surface area contributed by atoms with Gasteiger partial charge in [0.2, 0.25) is 15.9 Å². The quantitative estimate of drug-likeness (QED) is 0.791. The van der Waals surface area contributed by atoms with Gasteiger partial charge in [-0.25, -0.2) is 17.5 Å². The van der Waals surface area contributed by atoms with Gasteiger partial charge in [-0.1, -0.05) is 5.16 Å². The highest BCUT2D eigenvalue weighted by Crippen LogP contribution is 2.26. The van der Waals surface area contributed by atoms with Crippen molar-refractivity contribution >= 4 is 31.6 Å². The van der Waals surface area contributed by atoms with E-state index in [1.165, 1.54) is 6.07 Å². The van der Waals surface area contributed by atoms with E-state index >= 15 is 0 Å². The van der Waals surface area contributed by atoms with Crippen LogP contribution in [0.5, 0.6) is 0 Å². The van der Waals surface area contributed by atoms with Gasteiger partial charge < -0.3 is 10.3 Å². The van der Waals surface area contributed by atoms with E-state index in [0.29, 0.717) is 5.89 Å². The van der Waals surface area contributed by atoms with Gasteiger partial charge in [0.25, 0.3) is 0 Å². The molecule has 0 aliphatic carbocycles. The molecular weight excluding hydrogens is 355 g/mol. The van der Waals surface area contributed by atoms with E-state index < -0.39 is 20.7 Å². The van der Waals surface area contributed by atoms with Crippen LogP contribution in [-0.4, -0.2) is 18.6 Å². The number of benzene rings is 1. The number of rotatable bonds is 4. The van der Waals surface area contributed by atoms with Gasteiger partial charge in [0.15, 0.2) is 11.6 Å². The number of hydrogen-bond acceptors (Lipinski definition) is 6. The summed E-state index contributed by atoms with van der Waals surface area (Å²) < 4.78 is 44.7.